The molecular formula is C37H39N3O4. The number of benzene rings is 3. The lowest BCUT2D eigenvalue weighted by Gasteiger charge is -2.62. The number of piperidine rings is 1. The van der Waals surface area contributed by atoms with Crippen LogP contribution in [0.5, 0.6) is 11.5 Å². The van der Waals surface area contributed by atoms with Crippen LogP contribution in [-0.2, 0) is 24.7 Å². The predicted molar refractivity (Wildman–Crippen MR) is 168 cm³/mol. The lowest BCUT2D eigenvalue weighted by Crippen LogP contribution is -2.74. The molecule has 2 fully saturated rings. The van der Waals surface area contributed by atoms with Crippen molar-refractivity contribution in [3.63, 3.8) is 0 Å². The Morgan fingerprint density at radius 1 is 1.09 bits per heavy atom. The van der Waals surface area contributed by atoms with E-state index in [1.807, 2.05) is 30.3 Å². The number of rotatable bonds is 8. The number of aromatic amines is 1. The van der Waals surface area contributed by atoms with Crippen LogP contribution in [0.1, 0.15) is 76.5 Å². The number of amides is 1. The molecule has 4 atom stereocenters. The number of carbonyl (C=O) groups excluding carboxylic acids is 1. The average Bonchev–Trinajstić information content (AvgIpc) is 3.67. The van der Waals surface area contributed by atoms with Crippen molar-refractivity contribution in [2.75, 3.05) is 19.6 Å². The summed E-state index contributed by atoms with van der Waals surface area (Å²) in [5.41, 5.74) is 5.45. The molecule has 4 aromatic rings. The molecule has 3 aromatic carbocycles. The molecule has 7 nitrogen and oxygen atoms in total. The molecule has 3 heterocycles. The van der Waals surface area contributed by atoms with E-state index in [4.69, 9.17) is 4.74 Å². The predicted octanol–water partition coefficient (Wildman–Crippen LogP) is 5.33. The van der Waals surface area contributed by atoms with Gasteiger partial charge < -0.3 is 25.3 Å². The van der Waals surface area contributed by atoms with Gasteiger partial charge in [0.25, 0.3) is 5.91 Å². The summed E-state index contributed by atoms with van der Waals surface area (Å²) in [5.74, 6) is 1.34. The topological polar surface area (TPSA) is 97.8 Å². The summed E-state index contributed by atoms with van der Waals surface area (Å²) in [6.45, 7) is 2.59. The second-order valence-corrected chi connectivity index (χ2v) is 13.9. The van der Waals surface area contributed by atoms with Crippen LogP contribution in [0.15, 0.2) is 60.7 Å². The molecule has 3 aliphatic carbocycles. The third kappa shape index (κ3) is 3.72. The van der Waals surface area contributed by atoms with E-state index in [1.165, 1.54) is 24.0 Å². The molecular weight excluding hydrogens is 550 g/mol. The fourth-order valence-corrected chi connectivity index (χ4v) is 9.17. The number of aromatic hydroxyl groups is 1. The van der Waals surface area contributed by atoms with E-state index in [0.717, 1.165) is 78.8 Å². The van der Waals surface area contributed by atoms with Crippen molar-refractivity contribution in [2.45, 2.75) is 74.5 Å². The number of H-pyrrole nitrogens is 1. The zero-order valence-corrected chi connectivity index (χ0v) is 24.9. The summed E-state index contributed by atoms with van der Waals surface area (Å²) in [6.07, 6.45) is 7.11. The smallest absolute Gasteiger partial charge is 0.251 e. The minimum Gasteiger partial charge on any atom is -0.504 e. The van der Waals surface area contributed by atoms with E-state index in [-0.39, 0.29) is 17.7 Å². The number of aromatic nitrogens is 1. The quantitative estimate of drug-likeness (QED) is 0.209. The second kappa shape index (κ2) is 9.59. The number of aryl methyl sites for hydroxylation is 1. The molecule has 1 saturated heterocycles. The lowest BCUT2D eigenvalue weighted by molar-refractivity contribution is -0.173. The van der Waals surface area contributed by atoms with Gasteiger partial charge in [0.2, 0.25) is 0 Å². The van der Waals surface area contributed by atoms with Crippen molar-refractivity contribution in [1.82, 2.24) is 15.2 Å². The number of unbranched alkanes of at least 4 members (excludes halogenated alkanes) is 1. The van der Waals surface area contributed by atoms with Crippen molar-refractivity contribution in [3.05, 3.63) is 94.2 Å². The third-order valence-electron chi connectivity index (χ3n) is 11.4. The number of carbonyl (C=O) groups is 1. The first-order valence-corrected chi connectivity index (χ1v) is 16.4. The highest BCUT2D eigenvalue weighted by molar-refractivity contribution is 5.99. The van der Waals surface area contributed by atoms with E-state index in [1.54, 1.807) is 6.07 Å². The van der Waals surface area contributed by atoms with E-state index in [0.29, 0.717) is 24.3 Å². The highest BCUT2D eigenvalue weighted by Crippen LogP contribution is 2.69. The molecule has 1 spiro atoms. The number of ether oxygens (including phenoxy) is 1. The van der Waals surface area contributed by atoms with Crippen LogP contribution in [0.25, 0.3) is 10.9 Å². The number of aliphatic hydroxyl groups is 1. The molecule has 4 N–H and O–H groups in total. The SMILES string of the molecule is O=C(NCCCCc1ccccc1)c1ccc2[nH]c3c(c2c1)C[C@@]1(O)[C@H]2Cc4ccc(O)c5c4[C@@]1(CCN2CC1CC1)[C@H]3O5. The number of hydrogen-bond acceptors (Lipinski definition) is 5. The fraction of sp³-hybridized carbons (Fsp3) is 0.432. The minimum atomic E-state index is -1.05. The number of fused-ring (bicyclic) bond motifs is 4. The number of nitrogens with one attached hydrogen (secondary N) is 2. The molecule has 5 aliphatic rings. The summed E-state index contributed by atoms with van der Waals surface area (Å²) in [7, 11) is 0. The summed E-state index contributed by atoms with van der Waals surface area (Å²) in [4.78, 5) is 19.5. The Labute approximate surface area is 257 Å². The maximum Gasteiger partial charge on any atom is 0.251 e. The van der Waals surface area contributed by atoms with Crippen molar-refractivity contribution in [3.8, 4) is 11.5 Å². The Hall–Kier alpha value is -3.81. The molecule has 1 amide bonds. The van der Waals surface area contributed by atoms with Crippen LogP contribution in [-0.4, -0.2) is 57.3 Å². The summed E-state index contributed by atoms with van der Waals surface area (Å²) in [6, 6.07) is 20.1. The fourth-order valence-electron chi connectivity index (χ4n) is 9.17. The first-order chi connectivity index (χ1) is 21.5. The molecule has 9 rings (SSSR count). The first-order valence-electron chi connectivity index (χ1n) is 16.4. The van der Waals surface area contributed by atoms with Crippen LogP contribution in [0.4, 0.5) is 0 Å². The minimum absolute atomic E-state index is 0.0218. The average molecular weight is 590 g/mol. The standard InChI is InChI=1S/C37H39N3O4/c41-29-14-12-24-19-30-37(43)20-27-26-18-25(35(42)38-16-5-4-8-22-6-2-1-3-7-22)11-13-28(26)39-32(27)34-36(37,31(24)33(29)44-34)15-17-40(30)21-23-9-10-23/h1-3,6-7,11-14,18,23,30,34,39,41,43H,4-5,8-10,15-17,19-21H2,(H,38,42)/t30-,34+,36+,37-/m1/s1. The molecule has 7 heteroatoms. The number of likely N-dealkylation sites (tertiary alicyclic amines) is 1. The highest BCUT2D eigenvalue weighted by Gasteiger charge is 2.72. The van der Waals surface area contributed by atoms with Gasteiger partial charge in [-0.05, 0) is 98.4 Å². The molecule has 2 bridgehead atoms. The lowest BCUT2D eigenvalue weighted by atomic mass is 9.49. The number of hydrogen-bond donors (Lipinski definition) is 4. The van der Waals surface area contributed by atoms with Crippen LogP contribution in [0.3, 0.4) is 0 Å². The van der Waals surface area contributed by atoms with Gasteiger partial charge in [-0.3, -0.25) is 9.69 Å². The van der Waals surface area contributed by atoms with Crippen LogP contribution >= 0.6 is 0 Å². The molecule has 0 unspecified atom stereocenters. The van der Waals surface area contributed by atoms with E-state index < -0.39 is 17.1 Å². The molecule has 1 saturated carbocycles. The third-order valence-corrected chi connectivity index (χ3v) is 11.4. The Morgan fingerprint density at radius 3 is 2.80 bits per heavy atom. The Morgan fingerprint density at radius 2 is 1.95 bits per heavy atom. The largest absolute Gasteiger partial charge is 0.504 e. The molecule has 44 heavy (non-hydrogen) atoms. The van der Waals surface area contributed by atoms with Gasteiger partial charge in [-0.1, -0.05) is 36.4 Å². The van der Waals surface area contributed by atoms with Gasteiger partial charge in [0.05, 0.1) is 16.7 Å². The van der Waals surface area contributed by atoms with E-state index in [2.05, 4.69) is 39.5 Å². The van der Waals surface area contributed by atoms with Crippen molar-refractivity contribution >= 4 is 16.8 Å². The maximum absolute atomic E-state index is 13.3. The number of phenolic OH excluding ortho intramolecular Hbond substituents is 1. The Kier molecular flexibility index (Phi) is 5.80. The zero-order chi connectivity index (χ0) is 29.6. The van der Waals surface area contributed by atoms with Gasteiger partial charge in [-0.2, -0.15) is 0 Å². The number of nitrogens with zero attached hydrogens (tertiary/aromatic N) is 1. The van der Waals surface area contributed by atoms with Gasteiger partial charge in [0.15, 0.2) is 17.6 Å². The van der Waals surface area contributed by atoms with Gasteiger partial charge in [0, 0.05) is 47.6 Å². The van der Waals surface area contributed by atoms with Crippen LogP contribution < -0.4 is 10.1 Å². The van der Waals surface area contributed by atoms with E-state index >= 15 is 0 Å². The summed E-state index contributed by atoms with van der Waals surface area (Å²) < 4.78 is 6.71. The van der Waals surface area contributed by atoms with Crippen LogP contribution in [0, 0.1) is 5.92 Å². The van der Waals surface area contributed by atoms with Gasteiger partial charge >= 0.3 is 0 Å². The Bertz CT molecular complexity index is 1800. The number of phenols is 1. The molecule has 2 aliphatic heterocycles. The van der Waals surface area contributed by atoms with Gasteiger partial charge in [-0.25, -0.2) is 0 Å². The van der Waals surface area contributed by atoms with Gasteiger partial charge in [0.1, 0.15) is 0 Å². The summed E-state index contributed by atoms with van der Waals surface area (Å²) in [5, 5.41) is 28.1. The monoisotopic (exact) mass is 589 g/mol. The van der Waals surface area contributed by atoms with Crippen LogP contribution in [0.2, 0.25) is 0 Å². The maximum atomic E-state index is 13.3. The first kappa shape index (κ1) is 26.6. The normalized spacial score (nSPS) is 27.9. The summed E-state index contributed by atoms with van der Waals surface area (Å²) >= 11 is 0. The van der Waals surface area contributed by atoms with Crippen molar-refractivity contribution < 1.29 is 19.7 Å². The van der Waals surface area contributed by atoms with Crippen molar-refractivity contribution in [1.29, 1.82) is 0 Å². The molecule has 0 radical (unpaired) electrons. The molecule has 226 valence electrons. The van der Waals surface area contributed by atoms with E-state index in [9.17, 15) is 15.0 Å². The van der Waals surface area contributed by atoms with Crippen molar-refractivity contribution in [2.24, 2.45) is 5.92 Å². The zero-order valence-electron chi connectivity index (χ0n) is 24.9. The highest BCUT2D eigenvalue weighted by atomic mass is 16.5. The molecule has 1 aromatic heterocycles. The van der Waals surface area contributed by atoms with Gasteiger partial charge in [-0.15, -0.1) is 0 Å². The Balaban J connectivity index is 1.04. The second-order valence-electron chi connectivity index (χ2n) is 13.9.